The van der Waals surface area contributed by atoms with Gasteiger partial charge in [-0.25, -0.2) is 4.68 Å². The average molecular weight is 500 g/mol. The number of aryl methyl sites for hydroxylation is 1. The van der Waals surface area contributed by atoms with Crippen molar-refractivity contribution in [2.24, 2.45) is 5.92 Å². The van der Waals surface area contributed by atoms with E-state index in [0.29, 0.717) is 27.0 Å². The van der Waals surface area contributed by atoms with Crippen LogP contribution in [0.3, 0.4) is 0 Å². The van der Waals surface area contributed by atoms with E-state index in [-0.39, 0.29) is 5.56 Å². The topological polar surface area (TPSA) is 81.5 Å². The number of aromatic amines is 1. The minimum atomic E-state index is -0.902. The second kappa shape index (κ2) is 8.02. The smallest absolute Gasteiger partial charge is 0.275 e. The number of aliphatic hydroxyl groups is 2. The molecule has 2 heterocycles. The van der Waals surface area contributed by atoms with E-state index >= 15 is 0 Å². The average Bonchev–Trinajstić information content (AvgIpc) is 3.17. The van der Waals surface area contributed by atoms with Crippen molar-refractivity contribution in [3.05, 3.63) is 91.5 Å². The van der Waals surface area contributed by atoms with Crippen molar-refractivity contribution in [1.29, 1.82) is 0 Å². The highest BCUT2D eigenvalue weighted by molar-refractivity contribution is 6.37. The number of rotatable bonds is 3. The monoisotopic (exact) mass is 499 g/mol. The number of H-pyrrole nitrogens is 1. The van der Waals surface area contributed by atoms with Gasteiger partial charge in [0.25, 0.3) is 5.56 Å². The molecule has 2 atom stereocenters. The number of nitrogens with zero attached hydrogens (tertiary/aromatic N) is 2. The molecule has 1 saturated carbocycles. The van der Waals surface area contributed by atoms with E-state index in [1.54, 1.807) is 13.0 Å². The molecule has 0 spiro atoms. The Balaban J connectivity index is 1.48. The van der Waals surface area contributed by atoms with Gasteiger partial charge in [0, 0.05) is 46.3 Å². The van der Waals surface area contributed by atoms with Gasteiger partial charge in [-0.05, 0) is 36.8 Å². The van der Waals surface area contributed by atoms with E-state index in [0.717, 1.165) is 16.9 Å². The summed E-state index contributed by atoms with van der Waals surface area (Å²) < 4.78 is 1.45. The molecule has 8 heteroatoms. The summed E-state index contributed by atoms with van der Waals surface area (Å²) in [5, 5.41) is 26.4. The zero-order valence-corrected chi connectivity index (χ0v) is 20.9. The Morgan fingerprint density at radius 2 is 1.74 bits per heavy atom. The standard InChI is InChI=1S/C26H27Cl2N3O3/c1-13-20(25(34)31(29-13)15-8-6-5-7-9-15)21-23(32)16(24(21)33)12-19-26(2,3)17-10-14(27)11-18(28)22(17)30(19)4/h5-12,16,21,23-24,29,32-33H,1-4H3. The van der Waals surface area contributed by atoms with Crippen LogP contribution in [-0.4, -0.2) is 39.2 Å². The quantitative estimate of drug-likeness (QED) is 0.494. The van der Waals surface area contributed by atoms with E-state index in [2.05, 4.69) is 18.9 Å². The first-order chi connectivity index (χ1) is 16.0. The number of benzene rings is 2. The molecule has 3 aromatic rings. The molecule has 178 valence electrons. The first-order valence-corrected chi connectivity index (χ1v) is 12.0. The summed E-state index contributed by atoms with van der Waals surface area (Å²) >= 11 is 12.8. The lowest BCUT2D eigenvalue weighted by atomic mass is 9.65. The SMILES string of the molecule is Cc1[nH]n(-c2ccccc2)c(=O)c1C1C(O)C(C=C2N(C)c3c(Cl)cc(Cl)cc3C2(C)C)C1O. The van der Waals surface area contributed by atoms with Gasteiger partial charge in [-0.2, -0.15) is 0 Å². The number of hydrogen-bond donors (Lipinski definition) is 3. The van der Waals surface area contributed by atoms with Crippen LogP contribution in [0.1, 0.15) is 36.6 Å². The van der Waals surface area contributed by atoms with Crippen LogP contribution < -0.4 is 10.5 Å². The molecule has 1 aliphatic carbocycles. The fraction of sp³-hybridized carbons (Fsp3) is 0.346. The molecule has 1 fully saturated rings. The number of aromatic nitrogens is 2. The van der Waals surface area contributed by atoms with Gasteiger partial charge in [0.2, 0.25) is 0 Å². The van der Waals surface area contributed by atoms with Crippen LogP contribution in [0.25, 0.3) is 5.69 Å². The summed E-state index contributed by atoms with van der Waals surface area (Å²) in [4.78, 5) is 15.2. The molecule has 2 aromatic carbocycles. The summed E-state index contributed by atoms with van der Waals surface area (Å²) in [5.41, 5.74) is 3.84. The first-order valence-electron chi connectivity index (χ1n) is 11.2. The largest absolute Gasteiger partial charge is 0.392 e. The van der Waals surface area contributed by atoms with Gasteiger partial charge in [0.15, 0.2) is 0 Å². The van der Waals surface area contributed by atoms with Crippen LogP contribution in [0, 0.1) is 12.8 Å². The second-order valence-corrected chi connectivity index (χ2v) is 10.6. The van der Waals surface area contributed by atoms with Crippen molar-refractivity contribution in [3.63, 3.8) is 0 Å². The number of hydrogen-bond acceptors (Lipinski definition) is 4. The zero-order valence-electron chi connectivity index (χ0n) is 19.4. The molecule has 34 heavy (non-hydrogen) atoms. The second-order valence-electron chi connectivity index (χ2n) is 9.73. The van der Waals surface area contributed by atoms with E-state index in [4.69, 9.17) is 23.2 Å². The molecule has 5 rings (SSSR count). The Morgan fingerprint density at radius 3 is 2.38 bits per heavy atom. The summed E-state index contributed by atoms with van der Waals surface area (Å²) in [7, 11) is 1.92. The Morgan fingerprint density at radius 1 is 1.09 bits per heavy atom. The lowest BCUT2D eigenvalue weighted by Crippen LogP contribution is -2.54. The molecular weight excluding hydrogens is 473 g/mol. The van der Waals surface area contributed by atoms with Gasteiger partial charge in [-0.1, -0.05) is 61.3 Å². The van der Waals surface area contributed by atoms with Crippen LogP contribution in [-0.2, 0) is 5.41 Å². The number of anilines is 1. The predicted octanol–water partition coefficient (Wildman–Crippen LogP) is 4.53. The Labute approximate surface area is 208 Å². The number of aliphatic hydroxyl groups excluding tert-OH is 2. The Bertz CT molecular complexity index is 1350. The summed E-state index contributed by atoms with van der Waals surface area (Å²) in [6, 6.07) is 12.9. The van der Waals surface area contributed by atoms with Crippen molar-refractivity contribution >= 4 is 28.9 Å². The van der Waals surface area contributed by atoms with E-state index in [1.165, 1.54) is 4.68 Å². The van der Waals surface area contributed by atoms with E-state index < -0.39 is 29.5 Å². The highest BCUT2D eigenvalue weighted by Gasteiger charge is 2.52. The molecule has 2 unspecified atom stereocenters. The fourth-order valence-electron chi connectivity index (χ4n) is 5.55. The Kier molecular flexibility index (Phi) is 5.48. The highest BCUT2D eigenvalue weighted by atomic mass is 35.5. The minimum Gasteiger partial charge on any atom is -0.392 e. The van der Waals surface area contributed by atoms with Gasteiger partial charge >= 0.3 is 0 Å². The Hall–Kier alpha value is -2.51. The molecule has 0 amide bonds. The predicted molar refractivity (Wildman–Crippen MR) is 135 cm³/mol. The zero-order chi connectivity index (χ0) is 24.5. The molecule has 1 aliphatic heterocycles. The number of para-hydroxylation sites is 1. The van der Waals surface area contributed by atoms with Crippen molar-refractivity contribution in [2.75, 3.05) is 11.9 Å². The third-order valence-corrected chi connectivity index (χ3v) is 7.88. The van der Waals surface area contributed by atoms with Crippen LogP contribution in [0.5, 0.6) is 0 Å². The third-order valence-electron chi connectivity index (χ3n) is 7.38. The number of allylic oxidation sites excluding steroid dienone is 1. The molecule has 0 saturated heterocycles. The molecule has 6 nitrogen and oxygen atoms in total. The van der Waals surface area contributed by atoms with Gasteiger partial charge < -0.3 is 15.1 Å². The number of likely N-dealkylation sites (N-methyl/N-ethyl adjacent to an activating group) is 1. The van der Waals surface area contributed by atoms with Gasteiger partial charge in [-0.15, -0.1) is 0 Å². The fourth-order valence-corrected chi connectivity index (χ4v) is 6.17. The lowest BCUT2D eigenvalue weighted by Gasteiger charge is -2.45. The molecule has 3 N–H and O–H groups in total. The maximum atomic E-state index is 13.2. The number of fused-ring (bicyclic) bond motifs is 1. The molecule has 0 bridgehead atoms. The first kappa shape index (κ1) is 23.2. The summed E-state index contributed by atoms with van der Waals surface area (Å²) in [6.45, 7) is 5.92. The van der Waals surface area contributed by atoms with Crippen molar-refractivity contribution in [3.8, 4) is 5.69 Å². The number of halogens is 2. The van der Waals surface area contributed by atoms with Crippen molar-refractivity contribution < 1.29 is 10.2 Å². The minimum absolute atomic E-state index is 0.259. The van der Waals surface area contributed by atoms with E-state index in [1.807, 2.05) is 54.4 Å². The van der Waals surface area contributed by atoms with Crippen LogP contribution in [0.15, 0.2) is 59.0 Å². The third kappa shape index (κ3) is 3.28. The highest BCUT2D eigenvalue weighted by Crippen LogP contribution is 2.53. The maximum Gasteiger partial charge on any atom is 0.275 e. The normalized spacial score (nSPS) is 26.6. The lowest BCUT2D eigenvalue weighted by molar-refractivity contribution is -0.0952. The van der Waals surface area contributed by atoms with Crippen molar-refractivity contribution in [1.82, 2.24) is 9.78 Å². The summed E-state index contributed by atoms with van der Waals surface area (Å²) in [6.07, 6.45) is 0.107. The van der Waals surface area contributed by atoms with E-state index in [9.17, 15) is 15.0 Å². The molecular formula is C26H27Cl2N3O3. The van der Waals surface area contributed by atoms with Crippen LogP contribution in [0.4, 0.5) is 5.69 Å². The molecule has 2 aliphatic rings. The van der Waals surface area contributed by atoms with Gasteiger partial charge in [0.1, 0.15) is 0 Å². The van der Waals surface area contributed by atoms with Crippen LogP contribution >= 0.6 is 23.2 Å². The van der Waals surface area contributed by atoms with Gasteiger partial charge in [0.05, 0.1) is 28.6 Å². The molecule has 0 radical (unpaired) electrons. The van der Waals surface area contributed by atoms with Crippen molar-refractivity contribution in [2.45, 2.75) is 44.3 Å². The van der Waals surface area contributed by atoms with Crippen LogP contribution in [0.2, 0.25) is 10.0 Å². The van der Waals surface area contributed by atoms with Gasteiger partial charge in [-0.3, -0.25) is 9.89 Å². The number of nitrogens with one attached hydrogen (secondary N) is 1. The molecule has 1 aromatic heterocycles. The maximum absolute atomic E-state index is 13.2. The summed E-state index contributed by atoms with van der Waals surface area (Å²) in [5.74, 6) is -1.20.